The van der Waals surface area contributed by atoms with E-state index in [1.807, 2.05) is 31.2 Å². The molecule has 0 spiro atoms. The lowest BCUT2D eigenvalue weighted by molar-refractivity contribution is 0.0989. The van der Waals surface area contributed by atoms with Crippen LogP contribution in [-0.4, -0.2) is 5.78 Å². The fraction of sp³-hybridized carbons (Fsp3) is 0.133. The van der Waals surface area contributed by atoms with Crippen LogP contribution in [0, 0.1) is 18.6 Å². The molecule has 0 atom stereocenters. The third kappa shape index (κ3) is 2.62. The maximum Gasteiger partial charge on any atom is 0.170 e. The molecule has 2 aromatic rings. The summed E-state index contributed by atoms with van der Waals surface area (Å²) in [5.41, 5.74) is 1.76. The van der Waals surface area contributed by atoms with E-state index in [0.717, 1.165) is 23.3 Å². The Labute approximate surface area is 104 Å². The molecule has 18 heavy (non-hydrogen) atoms. The normalized spacial score (nSPS) is 10.4. The van der Waals surface area contributed by atoms with Crippen LogP contribution >= 0.6 is 0 Å². The first-order valence-electron chi connectivity index (χ1n) is 5.60. The van der Waals surface area contributed by atoms with Crippen LogP contribution in [-0.2, 0) is 6.42 Å². The van der Waals surface area contributed by atoms with Gasteiger partial charge >= 0.3 is 0 Å². The van der Waals surface area contributed by atoms with E-state index >= 15 is 0 Å². The molecule has 0 saturated heterocycles. The molecule has 1 nitrogen and oxygen atoms in total. The van der Waals surface area contributed by atoms with E-state index in [9.17, 15) is 13.6 Å². The molecule has 0 heterocycles. The van der Waals surface area contributed by atoms with E-state index in [0.29, 0.717) is 0 Å². The summed E-state index contributed by atoms with van der Waals surface area (Å²) in [5, 5.41) is 0. The lowest BCUT2D eigenvalue weighted by atomic mass is 9.99. The summed E-state index contributed by atoms with van der Waals surface area (Å²) in [6.45, 7) is 1.89. The van der Waals surface area contributed by atoms with Gasteiger partial charge < -0.3 is 0 Å². The van der Waals surface area contributed by atoms with Crippen LogP contribution in [0.4, 0.5) is 8.78 Å². The van der Waals surface area contributed by atoms with Gasteiger partial charge in [0, 0.05) is 12.5 Å². The number of aryl methyl sites for hydroxylation is 1. The number of hydrogen-bond acceptors (Lipinski definition) is 1. The summed E-state index contributed by atoms with van der Waals surface area (Å²) in [5.74, 6) is -1.84. The van der Waals surface area contributed by atoms with Crippen molar-refractivity contribution in [2.45, 2.75) is 13.3 Å². The van der Waals surface area contributed by atoms with Crippen LogP contribution in [0.15, 0.2) is 42.5 Å². The highest BCUT2D eigenvalue weighted by Crippen LogP contribution is 2.15. The summed E-state index contributed by atoms with van der Waals surface area (Å²) in [7, 11) is 0. The van der Waals surface area contributed by atoms with Gasteiger partial charge in [-0.2, -0.15) is 0 Å². The predicted octanol–water partition coefficient (Wildman–Crippen LogP) is 3.70. The maximum absolute atomic E-state index is 13.4. The first kappa shape index (κ1) is 12.4. The standard InChI is InChI=1S/C15H12F2O/c1-10-4-2-3-5-11(10)8-15(18)13-7-6-12(16)9-14(13)17/h2-7,9H,8H2,1H3. The van der Waals surface area contributed by atoms with E-state index in [1.54, 1.807) is 0 Å². The van der Waals surface area contributed by atoms with Crippen LogP contribution in [0.25, 0.3) is 0 Å². The zero-order chi connectivity index (χ0) is 13.1. The molecule has 0 saturated carbocycles. The van der Waals surface area contributed by atoms with Crippen molar-refractivity contribution in [1.82, 2.24) is 0 Å². The van der Waals surface area contributed by atoms with Crippen molar-refractivity contribution < 1.29 is 13.6 Å². The number of ketones is 1. The Bertz CT molecular complexity index is 591. The molecule has 0 aliphatic heterocycles. The van der Waals surface area contributed by atoms with Crippen molar-refractivity contribution in [3.8, 4) is 0 Å². The second kappa shape index (κ2) is 5.08. The molecule has 0 fully saturated rings. The summed E-state index contributed by atoms with van der Waals surface area (Å²) < 4.78 is 26.2. The minimum absolute atomic E-state index is 0.0698. The van der Waals surface area contributed by atoms with Crippen molar-refractivity contribution in [1.29, 1.82) is 0 Å². The minimum atomic E-state index is -0.811. The fourth-order valence-electron chi connectivity index (χ4n) is 1.79. The van der Waals surface area contributed by atoms with Gasteiger partial charge in [0.25, 0.3) is 0 Å². The van der Waals surface area contributed by atoms with E-state index in [-0.39, 0.29) is 17.8 Å². The smallest absolute Gasteiger partial charge is 0.170 e. The molecular weight excluding hydrogens is 234 g/mol. The van der Waals surface area contributed by atoms with Crippen molar-refractivity contribution in [3.63, 3.8) is 0 Å². The Hall–Kier alpha value is -2.03. The van der Waals surface area contributed by atoms with Gasteiger partial charge in [0.2, 0.25) is 0 Å². The van der Waals surface area contributed by atoms with Crippen LogP contribution < -0.4 is 0 Å². The van der Waals surface area contributed by atoms with E-state index < -0.39 is 11.6 Å². The molecule has 2 aromatic carbocycles. The number of carbonyl (C=O) groups excluding carboxylic acids is 1. The second-order valence-electron chi connectivity index (χ2n) is 4.15. The number of halogens is 2. The molecule has 92 valence electrons. The number of hydrogen-bond donors (Lipinski definition) is 0. The molecule has 0 bridgehead atoms. The van der Waals surface area contributed by atoms with Crippen LogP contribution in [0.3, 0.4) is 0 Å². The zero-order valence-corrected chi connectivity index (χ0v) is 9.91. The molecule has 0 radical (unpaired) electrons. The molecule has 0 aromatic heterocycles. The summed E-state index contributed by atoms with van der Waals surface area (Å²) in [6.07, 6.45) is 0.120. The van der Waals surface area contributed by atoms with Gasteiger partial charge in [-0.15, -0.1) is 0 Å². The van der Waals surface area contributed by atoms with Crippen LogP contribution in [0.5, 0.6) is 0 Å². The van der Waals surface area contributed by atoms with E-state index in [2.05, 4.69) is 0 Å². The van der Waals surface area contributed by atoms with Gasteiger partial charge in [0.05, 0.1) is 5.56 Å². The van der Waals surface area contributed by atoms with Crippen LogP contribution in [0.1, 0.15) is 21.5 Å². The van der Waals surface area contributed by atoms with Gasteiger partial charge in [0.1, 0.15) is 11.6 Å². The average Bonchev–Trinajstić information content (AvgIpc) is 2.32. The van der Waals surface area contributed by atoms with Crippen molar-refractivity contribution >= 4 is 5.78 Å². The zero-order valence-electron chi connectivity index (χ0n) is 9.91. The Balaban J connectivity index is 2.25. The van der Waals surface area contributed by atoms with Crippen LogP contribution in [0.2, 0.25) is 0 Å². The van der Waals surface area contributed by atoms with Crippen molar-refractivity contribution in [2.24, 2.45) is 0 Å². The maximum atomic E-state index is 13.4. The average molecular weight is 246 g/mol. The molecule has 3 heteroatoms. The first-order valence-corrected chi connectivity index (χ1v) is 5.60. The second-order valence-corrected chi connectivity index (χ2v) is 4.15. The minimum Gasteiger partial charge on any atom is -0.294 e. The predicted molar refractivity (Wildman–Crippen MR) is 65.6 cm³/mol. The Morgan fingerprint density at radius 3 is 2.50 bits per heavy atom. The monoisotopic (exact) mass is 246 g/mol. The third-order valence-corrected chi connectivity index (χ3v) is 2.84. The van der Waals surface area contributed by atoms with E-state index in [1.165, 1.54) is 6.07 Å². The van der Waals surface area contributed by atoms with Gasteiger partial charge in [-0.3, -0.25) is 4.79 Å². The molecule has 0 aliphatic rings. The van der Waals surface area contributed by atoms with Crippen molar-refractivity contribution in [2.75, 3.05) is 0 Å². The Kier molecular flexibility index (Phi) is 3.51. The summed E-state index contributed by atoms with van der Waals surface area (Å²) in [6, 6.07) is 10.4. The highest BCUT2D eigenvalue weighted by Gasteiger charge is 2.13. The van der Waals surface area contributed by atoms with Crippen molar-refractivity contribution in [3.05, 3.63) is 70.8 Å². The summed E-state index contributed by atoms with van der Waals surface area (Å²) in [4.78, 5) is 11.9. The largest absolute Gasteiger partial charge is 0.294 e. The SMILES string of the molecule is Cc1ccccc1CC(=O)c1ccc(F)cc1F. The fourth-order valence-corrected chi connectivity index (χ4v) is 1.79. The topological polar surface area (TPSA) is 17.1 Å². The number of rotatable bonds is 3. The molecular formula is C15H12F2O. The highest BCUT2D eigenvalue weighted by molar-refractivity contribution is 5.97. The first-order chi connectivity index (χ1) is 8.58. The number of carbonyl (C=O) groups is 1. The Morgan fingerprint density at radius 2 is 1.83 bits per heavy atom. The highest BCUT2D eigenvalue weighted by atomic mass is 19.1. The van der Waals surface area contributed by atoms with Gasteiger partial charge in [0.15, 0.2) is 5.78 Å². The molecule has 0 aliphatic carbocycles. The lowest BCUT2D eigenvalue weighted by Crippen LogP contribution is -2.07. The molecule has 2 rings (SSSR count). The van der Waals surface area contributed by atoms with Gasteiger partial charge in [-0.25, -0.2) is 8.78 Å². The van der Waals surface area contributed by atoms with E-state index in [4.69, 9.17) is 0 Å². The lowest BCUT2D eigenvalue weighted by Gasteiger charge is -2.05. The van der Waals surface area contributed by atoms with Gasteiger partial charge in [-0.1, -0.05) is 24.3 Å². The molecule has 0 unspecified atom stereocenters. The third-order valence-electron chi connectivity index (χ3n) is 2.84. The Morgan fingerprint density at radius 1 is 1.11 bits per heavy atom. The summed E-state index contributed by atoms with van der Waals surface area (Å²) >= 11 is 0. The number of benzene rings is 2. The number of Topliss-reactive ketones (excluding diaryl/α,β-unsaturated/α-hetero) is 1. The molecule has 0 amide bonds. The molecule has 0 N–H and O–H groups in total. The van der Waals surface area contributed by atoms with Gasteiger partial charge in [-0.05, 0) is 30.2 Å². The quantitative estimate of drug-likeness (QED) is 0.755.